The first-order valence-electron chi connectivity index (χ1n) is 6.40. The Morgan fingerprint density at radius 3 is 2.47 bits per heavy atom. The molecule has 0 spiro atoms. The van der Waals surface area contributed by atoms with Gasteiger partial charge in [-0.25, -0.2) is 0 Å². The highest BCUT2D eigenvalue weighted by molar-refractivity contribution is 5.86. The molecule has 0 heterocycles. The summed E-state index contributed by atoms with van der Waals surface area (Å²) in [5.41, 5.74) is 6.61. The molecule has 0 radical (unpaired) electrons. The minimum atomic E-state index is -1.06. The first-order valence-corrected chi connectivity index (χ1v) is 6.40. The highest BCUT2D eigenvalue weighted by Gasteiger charge is 2.34. The third-order valence-corrected chi connectivity index (χ3v) is 3.28. The Bertz CT molecular complexity index is 457. The van der Waals surface area contributed by atoms with E-state index in [1.165, 1.54) is 0 Å². The van der Waals surface area contributed by atoms with Crippen molar-refractivity contribution in [1.29, 1.82) is 0 Å². The maximum absolute atomic E-state index is 11.9. The van der Waals surface area contributed by atoms with Gasteiger partial charge < -0.3 is 16.2 Å². The van der Waals surface area contributed by atoms with Crippen LogP contribution in [0, 0.1) is 5.92 Å². The molecule has 1 fully saturated rings. The van der Waals surface area contributed by atoms with Crippen LogP contribution < -0.4 is 11.1 Å². The molecule has 0 aliphatic heterocycles. The summed E-state index contributed by atoms with van der Waals surface area (Å²) in [6, 6.07) is 8.64. The Morgan fingerprint density at radius 2 is 1.95 bits per heavy atom. The molecular weight excluding hydrogens is 244 g/mol. The van der Waals surface area contributed by atoms with E-state index in [4.69, 9.17) is 10.8 Å². The number of benzene rings is 1. The van der Waals surface area contributed by atoms with Crippen molar-refractivity contribution < 1.29 is 14.7 Å². The average Bonchev–Trinajstić information content (AvgIpc) is 3.20. The molecule has 5 heteroatoms. The zero-order valence-electron chi connectivity index (χ0n) is 10.6. The van der Waals surface area contributed by atoms with E-state index < -0.39 is 17.9 Å². The normalized spacial score (nSPS) is 17.5. The number of nitrogens with two attached hydrogens (primary N) is 1. The summed E-state index contributed by atoms with van der Waals surface area (Å²) in [6.45, 7) is 0. The Morgan fingerprint density at radius 1 is 1.32 bits per heavy atom. The van der Waals surface area contributed by atoms with Crippen LogP contribution in [0.4, 0.5) is 0 Å². The molecule has 2 unspecified atom stereocenters. The second-order valence-electron chi connectivity index (χ2n) is 4.94. The van der Waals surface area contributed by atoms with E-state index in [9.17, 15) is 9.59 Å². The number of amides is 1. The highest BCUT2D eigenvalue weighted by atomic mass is 16.4. The zero-order chi connectivity index (χ0) is 13.8. The molecule has 1 saturated carbocycles. The molecule has 1 aliphatic rings. The molecular formula is C14H18N2O3. The lowest BCUT2D eigenvalue weighted by Gasteiger charge is -2.20. The summed E-state index contributed by atoms with van der Waals surface area (Å²) in [6.07, 6.45) is 1.81. The van der Waals surface area contributed by atoms with Crippen molar-refractivity contribution in [2.75, 3.05) is 0 Å². The smallest absolute Gasteiger partial charge is 0.305 e. The van der Waals surface area contributed by atoms with Gasteiger partial charge in [-0.15, -0.1) is 0 Å². The van der Waals surface area contributed by atoms with Gasteiger partial charge in [-0.1, -0.05) is 30.3 Å². The van der Waals surface area contributed by atoms with Crippen LogP contribution in [0.15, 0.2) is 30.3 Å². The monoisotopic (exact) mass is 262 g/mol. The average molecular weight is 262 g/mol. The summed E-state index contributed by atoms with van der Waals surface area (Å²) in [4.78, 5) is 22.5. The minimum absolute atomic E-state index is 0.0615. The second-order valence-corrected chi connectivity index (χ2v) is 4.94. The quantitative estimate of drug-likeness (QED) is 0.714. The van der Waals surface area contributed by atoms with Gasteiger partial charge in [0, 0.05) is 0 Å². The van der Waals surface area contributed by atoms with E-state index in [0.29, 0.717) is 5.92 Å². The molecule has 1 amide bonds. The van der Waals surface area contributed by atoms with Gasteiger partial charge in [0.15, 0.2) is 0 Å². The number of carbonyl (C=O) groups excluding carboxylic acids is 1. The minimum Gasteiger partial charge on any atom is -0.481 e. The second kappa shape index (κ2) is 5.84. The van der Waals surface area contributed by atoms with Gasteiger partial charge in [0.25, 0.3) is 0 Å². The van der Waals surface area contributed by atoms with Crippen LogP contribution in [0.25, 0.3) is 0 Å². The van der Waals surface area contributed by atoms with E-state index >= 15 is 0 Å². The standard InChI is InChI=1S/C14H18N2O3/c15-11(8-12(17)18)14(19)16-13(10-6-7-10)9-4-2-1-3-5-9/h1-5,10-11,13H,6-8,15H2,(H,16,19)(H,17,18). The number of rotatable bonds is 6. The van der Waals surface area contributed by atoms with Gasteiger partial charge in [0.05, 0.1) is 18.5 Å². The van der Waals surface area contributed by atoms with Crippen LogP contribution in [0.5, 0.6) is 0 Å². The summed E-state index contributed by atoms with van der Waals surface area (Å²) >= 11 is 0. The molecule has 5 nitrogen and oxygen atoms in total. The van der Waals surface area contributed by atoms with Crippen molar-refractivity contribution in [2.24, 2.45) is 11.7 Å². The number of aliphatic carboxylic acids is 1. The Hall–Kier alpha value is -1.88. The summed E-state index contributed by atoms with van der Waals surface area (Å²) < 4.78 is 0. The molecule has 0 saturated heterocycles. The fourth-order valence-electron chi connectivity index (χ4n) is 2.10. The first kappa shape index (κ1) is 13.5. The molecule has 4 N–H and O–H groups in total. The van der Waals surface area contributed by atoms with Crippen LogP contribution in [-0.2, 0) is 9.59 Å². The van der Waals surface area contributed by atoms with E-state index in [1.807, 2.05) is 30.3 Å². The van der Waals surface area contributed by atoms with Crippen molar-refractivity contribution in [3.05, 3.63) is 35.9 Å². The molecule has 102 valence electrons. The highest BCUT2D eigenvalue weighted by Crippen LogP contribution is 2.40. The van der Waals surface area contributed by atoms with E-state index in [2.05, 4.69) is 5.32 Å². The van der Waals surface area contributed by atoms with E-state index in [-0.39, 0.29) is 12.5 Å². The van der Waals surface area contributed by atoms with Gasteiger partial charge >= 0.3 is 5.97 Å². The molecule has 1 aromatic carbocycles. The lowest BCUT2D eigenvalue weighted by Crippen LogP contribution is -2.43. The maximum Gasteiger partial charge on any atom is 0.305 e. The number of carboxylic acid groups (broad SMARTS) is 1. The van der Waals surface area contributed by atoms with Crippen molar-refractivity contribution in [2.45, 2.75) is 31.3 Å². The topological polar surface area (TPSA) is 92.4 Å². The van der Waals surface area contributed by atoms with Gasteiger partial charge in [-0.05, 0) is 24.3 Å². The first-order chi connectivity index (χ1) is 9.08. The molecule has 1 aliphatic carbocycles. The van der Waals surface area contributed by atoms with E-state index in [1.54, 1.807) is 0 Å². The molecule has 2 rings (SSSR count). The van der Waals surface area contributed by atoms with E-state index in [0.717, 1.165) is 18.4 Å². The zero-order valence-corrected chi connectivity index (χ0v) is 10.6. The number of hydrogen-bond acceptors (Lipinski definition) is 3. The van der Waals surface area contributed by atoms with Crippen LogP contribution in [0.2, 0.25) is 0 Å². The molecule has 19 heavy (non-hydrogen) atoms. The van der Waals surface area contributed by atoms with Crippen LogP contribution in [0.1, 0.15) is 30.9 Å². The fraction of sp³-hybridized carbons (Fsp3) is 0.429. The van der Waals surface area contributed by atoms with Gasteiger partial charge in [-0.2, -0.15) is 0 Å². The summed E-state index contributed by atoms with van der Waals surface area (Å²) in [5.74, 6) is -1.03. The molecule has 0 aromatic heterocycles. The van der Waals surface area contributed by atoms with Crippen LogP contribution >= 0.6 is 0 Å². The predicted octanol–water partition coefficient (Wildman–Crippen LogP) is 1.06. The Kier molecular flexibility index (Phi) is 4.16. The molecule has 2 atom stereocenters. The largest absolute Gasteiger partial charge is 0.481 e. The fourth-order valence-corrected chi connectivity index (χ4v) is 2.10. The number of nitrogens with one attached hydrogen (secondary N) is 1. The SMILES string of the molecule is NC(CC(=O)O)C(=O)NC(c1ccccc1)C1CC1. The van der Waals surface area contributed by atoms with Gasteiger partial charge in [0.2, 0.25) is 5.91 Å². The Labute approximate surface area is 111 Å². The van der Waals surface area contributed by atoms with Gasteiger partial charge in [-0.3, -0.25) is 9.59 Å². The predicted molar refractivity (Wildman–Crippen MR) is 70.3 cm³/mol. The van der Waals surface area contributed by atoms with Crippen LogP contribution in [-0.4, -0.2) is 23.0 Å². The number of carboxylic acids is 1. The third-order valence-electron chi connectivity index (χ3n) is 3.28. The van der Waals surface area contributed by atoms with Crippen molar-refractivity contribution in [3.8, 4) is 0 Å². The van der Waals surface area contributed by atoms with Crippen molar-refractivity contribution >= 4 is 11.9 Å². The Balaban J connectivity index is 2.01. The lowest BCUT2D eigenvalue weighted by molar-refractivity contribution is -0.139. The maximum atomic E-state index is 11.9. The van der Waals surface area contributed by atoms with Gasteiger partial charge in [0.1, 0.15) is 0 Å². The number of carbonyl (C=O) groups is 2. The molecule has 0 bridgehead atoms. The summed E-state index contributed by atoms with van der Waals surface area (Å²) in [7, 11) is 0. The molecule has 1 aromatic rings. The van der Waals surface area contributed by atoms with Crippen molar-refractivity contribution in [1.82, 2.24) is 5.32 Å². The lowest BCUT2D eigenvalue weighted by atomic mass is 10.0. The summed E-state index contributed by atoms with van der Waals surface area (Å²) in [5, 5.41) is 11.5. The third kappa shape index (κ3) is 3.79. The van der Waals surface area contributed by atoms with Crippen molar-refractivity contribution in [3.63, 3.8) is 0 Å². The number of hydrogen-bond donors (Lipinski definition) is 3. The van der Waals surface area contributed by atoms with Crippen LogP contribution in [0.3, 0.4) is 0 Å².